The topological polar surface area (TPSA) is 24.9 Å². The Morgan fingerprint density at radius 1 is 1.16 bits per heavy atom. The predicted molar refractivity (Wildman–Crippen MR) is 80.6 cm³/mol. The van der Waals surface area contributed by atoms with Crippen LogP contribution in [0.15, 0.2) is 42.7 Å². The molecule has 3 heteroatoms. The number of nitrogens with zero attached hydrogens (tertiary/aromatic N) is 1. The highest BCUT2D eigenvalue weighted by atomic mass is 35.5. The summed E-state index contributed by atoms with van der Waals surface area (Å²) in [5.74, 6) is 0. The van der Waals surface area contributed by atoms with Crippen LogP contribution in [0, 0.1) is 6.92 Å². The summed E-state index contributed by atoms with van der Waals surface area (Å²) in [6.07, 6.45) is 4.90. The fourth-order valence-electron chi connectivity index (χ4n) is 2.11. The highest BCUT2D eigenvalue weighted by Gasteiger charge is 2.13. The van der Waals surface area contributed by atoms with Crippen molar-refractivity contribution in [3.8, 4) is 0 Å². The molecule has 0 radical (unpaired) electrons. The van der Waals surface area contributed by atoms with Crippen LogP contribution in [-0.4, -0.2) is 11.5 Å². The van der Waals surface area contributed by atoms with E-state index in [2.05, 4.69) is 42.3 Å². The molecule has 0 amide bonds. The summed E-state index contributed by atoms with van der Waals surface area (Å²) in [7, 11) is 0. The predicted octanol–water partition coefficient (Wildman–Crippen LogP) is 4.13. The molecule has 19 heavy (non-hydrogen) atoms. The van der Waals surface area contributed by atoms with Gasteiger partial charge in [-0.3, -0.25) is 4.98 Å². The van der Waals surface area contributed by atoms with Gasteiger partial charge >= 0.3 is 0 Å². The van der Waals surface area contributed by atoms with Crippen molar-refractivity contribution in [2.75, 3.05) is 6.54 Å². The number of benzene rings is 1. The van der Waals surface area contributed by atoms with Gasteiger partial charge in [0.1, 0.15) is 0 Å². The van der Waals surface area contributed by atoms with Crippen molar-refractivity contribution < 1.29 is 0 Å². The van der Waals surface area contributed by atoms with Gasteiger partial charge in [-0.2, -0.15) is 0 Å². The molecular weight excluding hydrogens is 256 g/mol. The molecule has 0 fully saturated rings. The highest BCUT2D eigenvalue weighted by Crippen LogP contribution is 2.23. The van der Waals surface area contributed by atoms with E-state index in [-0.39, 0.29) is 6.04 Å². The summed E-state index contributed by atoms with van der Waals surface area (Å²) in [6.45, 7) is 5.21. The molecule has 1 heterocycles. The van der Waals surface area contributed by atoms with Gasteiger partial charge in [0.15, 0.2) is 0 Å². The van der Waals surface area contributed by atoms with E-state index in [4.69, 9.17) is 11.6 Å². The number of nitrogens with one attached hydrogen (secondary N) is 1. The lowest BCUT2D eigenvalue weighted by Gasteiger charge is -2.19. The molecule has 1 aromatic heterocycles. The van der Waals surface area contributed by atoms with Crippen LogP contribution < -0.4 is 5.32 Å². The maximum absolute atomic E-state index is 5.96. The Hall–Kier alpha value is -1.38. The first-order valence-electron chi connectivity index (χ1n) is 6.61. The molecule has 1 atom stereocenters. The average molecular weight is 275 g/mol. The molecule has 2 nitrogen and oxygen atoms in total. The molecule has 1 unspecified atom stereocenters. The van der Waals surface area contributed by atoms with Crippen molar-refractivity contribution in [2.45, 2.75) is 26.3 Å². The zero-order chi connectivity index (χ0) is 13.7. The second kappa shape index (κ2) is 6.69. The van der Waals surface area contributed by atoms with E-state index in [0.717, 1.165) is 18.0 Å². The van der Waals surface area contributed by atoms with E-state index < -0.39 is 0 Å². The molecule has 0 aliphatic rings. The van der Waals surface area contributed by atoms with E-state index in [1.165, 1.54) is 16.7 Å². The van der Waals surface area contributed by atoms with E-state index in [1.54, 1.807) is 0 Å². The Balaban J connectivity index is 2.32. The third kappa shape index (κ3) is 3.79. The molecule has 0 saturated heterocycles. The Morgan fingerprint density at radius 3 is 2.53 bits per heavy atom. The third-order valence-corrected chi connectivity index (χ3v) is 3.28. The number of aromatic nitrogens is 1. The third-order valence-electron chi connectivity index (χ3n) is 3.03. The Bertz CT molecular complexity index is 523. The van der Waals surface area contributed by atoms with Gasteiger partial charge in [-0.15, -0.1) is 0 Å². The van der Waals surface area contributed by atoms with Crippen molar-refractivity contribution in [2.24, 2.45) is 0 Å². The lowest BCUT2D eigenvalue weighted by Crippen LogP contribution is -2.23. The summed E-state index contributed by atoms with van der Waals surface area (Å²) in [4.78, 5) is 4.29. The fourth-order valence-corrected chi connectivity index (χ4v) is 2.23. The summed E-state index contributed by atoms with van der Waals surface area (Å²) in [5.41, 5.74) is 3.58. The normalized spacial score (nSPS) is 12.4. The lowest BCUT2D eigenvalue weighted by atomic mass is 9.99. The minimum absolute atomic E-state index is 0.171. The minimum atomic E-state index is 0.171. The SMILES string of the molecule is CCCNC(c1ccc(Cl)cc1)c1cncc(C)c1. The number of hydrogen-bond acceptors (Lipinski definition) is 2. The van der Waals surface area contributed by atoms with Crippen LogP contribution in [0.1, 0.15) is 36.1 Å². The summed E-state index contributed by atoms with van der Waals surface area (Å²) in [6, 6.07) is 10.3. The van der Waals surface area contributed by atoms with E-state index >= 15 is 0 Å². The molecular formula is C16H19ClN2. The van der Waals surface area contributed by atoms with Crippen LogP contribution in [0.4, 0.5) is 0 Å². The first-order valence-corrected chi connectivity index (χ1v) is 6.99. The van der Waals surface area contributed by atoms with Crippen molar-refractivity contribution in [1.82, 2.24) is 10.3 Å². The second-order valence-electron chi connectivity index (χ2n) is 4.73. The Morgan fingerprint density at radius 2 is 1.89 bits per heavy atom. The van der Waals surface area contributed by atoms with Crippen molar-refractivity contribution >= 4 is 11.6 Å². The second-order valence-corrected chi connectivity index (χ2v) is 5.17. The number of aryl methyl sites for hydroxylation is 1. The zero-order valence-corrected chi connectivity index (χ0v) is 12.1. The van der Waals surface area contributed by atoms with Gasteiger partial charge in [0.25, 0.3) is 0 Å². The Kier molecular flexibility index (Phi) is 4.94. The van der Waals surface area contributed by atoms with Crippen LogP contribution in [0.5, 0.6) is 0 Å². The molecule has 0 aliphatic carbocycles. The highest BCUT2D eigenvalue weighted by molar-refractivity contribution is 6.30. The van der Waals surface area contributed by atoms with Gasteiger partial charge < -0.3 is 5.32 Å². The summed E-state index contributed by atoms with van der Waals surface area (Å²) in [5, 5.41) is 4.33. The van der Waals surface area contributed by atoms with Gasteiger partial charge in [-0.25, -0.2) is 0 Å². The summed E-state index contributed by atoms with van der Waals surface area (Å²) < 4.78 is 0. The monoisotopic (exact) mass is 274 g/mol. The average Bonchev–Trinajstić information content (AvgIpc) is 2.41. The number of pyridine rings is 1. The standard InChI is InChI=1S/C16H19ClN2/c1-3-8-19-16(13-4-6-15(17)7-5-13)14-9-12(2)10-18-11-14/h4-7,9-11,16,19H,3,8H2,1-2H3. The van der Waals surface area contributed by atoms with E-state index in [9.17, 15) is 0 Å². The summed E-state index contributed by atoms with van der Waals surface area (Å²) >= 11 is 5.96. The zero-order valence-electron chi connectivity index (χ0n) is 11.4. The quantitative estimate of drug-likeness (QED) is 0.887. The van der Waals surface area contributed by atoms with Crippen LogP contribution in [0.2, 0.25) is 5.02 Å². The number of rotatable bonds is 5. The minimum Gasteiger partial charge on any atom is -0.306 e. The molecule has 0 aliphatic heterocycles. The van der Waals surface area contributed by atoms with Gasteiger partial charge in [-0.05, 0) is 48.7 Å². The molecule has 0 bridgehead atoms. The van der Waals surface area contributed by atoms with Crippen LogP contribution in [0.3, 0.4) is 0 Å². The molecule has 2 rings (SSSR count). The van der Waals surface area contributed by atoms with Crippen molar-refractivity contribution in [3.05, 3.63) is 64.4 Å². The molecule has 0 spiro atoms. The van der Waals surface area contributed by atoms with Gasteiger partial charge in [0, 0.05) is 17.4 Å². The van der Waals surface area contributed by atoms with E-state index in [0.29, 0.717) is 0 Å². The number of halogens is 1. The van der Waals surface area contributed by atoms with Gasteiger partial charge in [-0.1, -0.05) is 36.7 Å². The first kappa shape index (κ1) is 14.0. The van der Waals surface area contributed by atoms with Gasteiger partial charge in [0.05, 0.1) is 6.04 Å². The lowest BCUT2D eigenvalue weighted by molar-refractivity contribution is 0.596. The van der Waals surface area contributed by atoms with Crippen molar-refractivity contribution in [1.29, 1.82) is 0 Å². The van der Waals surface area contributed by atoms with E-state index in [1.807, 2.05) is 24.5 Å². The molecule has 0 saturated carbocycles. The molecule has 100 valence electrons. The maximum atomic E-state index is 5.96. The first-order chi connectivity index (χ1) is 9.20. The van der Waals surface area contributed by atoms with Crippen LogP contribution in [0.25, 0.3) is 0 Å². The van der Waals surface area contributed by atoms with Crippen molar-refractivity contribution in [3.63, 3.8) is 0 Å². The fraction of sp³-hybridized carbons (Fsp3) is 0.312. The molecule has 1 aromatic carbocycles. The Labute approximate surface area is 119 Å². The largest absolute Gasteiger partial charge is 0.306 e. The van der Waals surface area contributed by atoms with Gasteiger partial charge in [0.2, 0.25) is 0 Å². The van der Waals surface area contributed by atoms with Crippen LogP contribution in [-0.2, 0) is 0 Å². The van der Waals surface area contributed by atoms with Crippen LogP contribution >= 0.6 is 11.6 Å². The molecule has 1 N–H and O–H groups in total. The maximum Gasteiger partial charge on any atom is 0.0592 e. The molecule has 2 aromatic rings. The smallest absolute Gasteiger partial charge is 0.0592 e. The number of hydrogen-bond donors (Lipinski definition) is 1.